The van der Waals surface area contributed by atoms with E-state index in [2.05, 4.69) is 5.32 Å². The van der Waals surface area contributed by atoms with Crippen molar-refractivity contribution in [1.29, 1.82) is 0 Å². The number of nitro benzene ring substituents is 1. The Morgan fingerprint density at radius 3 is 2.69 bits per heavy atom. The predicted octanol–water partition coefficient (Wildman–Crippen LogP) is 3.34. The summed E-state index contributed by atoms with van der Waals surface area (Å²) >= 11 is 6.12. The third-order valence-electron chi connectivity index (χ3n) is 4.96. The van der Waals surface area contributed by atoms with Crippen LogP contribution >= 0.6 is 11.6 Å². The van der Waals surface area contributed by atoms with Gasteiger partial charge >= 0.3 is 0 Å². The molecule has 3 rings (SSSR count). The largest absolute Gasteiger partial charge is 0.375 e. The van der Waals surface area contributed by atoms with Gasteiger partial charge in [0.15, 0.2) is 0 Å². The lowest BCUT2D eigenvalue weighted by atomic mass is 10.00. The molecular formula is C20H21ClN4O4. The first-order valence-corrected chi connectivity index (χ1v) is 9.62. The van der Waals surface area contributed by atoms with Gasteiger partial charge in [-0.15, -0.1) is 0 Å². The zero-order chi connectivity index (χ0) is 21.0. The standard InChI is InChI=1S/C20H21ClN4O4/c21-15-6-2-1-5-14(15)12-23-16-9-8-13(11-18(16)25(28)29)20(27)24-10-4-3-7-17(24)19(22)26/h1-2,5-6,8-9,11,17,23H,3-4,7,10,12H2,(H2,22,26). The van der Waals surface area contributed by atoms with Crippen LogP contribution in [0.15, 0.2) is 42.5 Å². The molecule has 0 aliphatic carbocycles. The first-order valence-electron chi connectivity index (χ1n) is 9.24. The first kappa shape index (κ1) is 20.6. The Kier molecular flexibility index (Phi) is 6.33. The van der Waals surface area contributed by atoms with Crippen molar-refractivity contribution in [1.82, 2.24) is 4.90 Å². The molecule has 3 N–H and O–H groups in total. The third kappa shape index (κ3) is 4.65. The van der Waals surface area contributed by atoms with Crippen molar-refractivity contribution in [2.75, 3.05) is 11.9 Å². The molecule has 0 bridgehead atoms. The summed E-state index contributed by atoms with van der Waals surface area (Å²) in [5, 5.41) is 15.1. The van der Waals surface area contributed by atoms with Gasteiger partial charge in [-0.05, 0) is 43.0 Å². The number of nitrogens with one attached hydrogen (secondary N) is 1. The van der Waals surface area contributed by atoms with Crippen LogP contribution in [0.3, 0.4) is 0 Å². The molecule has 8 nitrogen and oxygen atoms in total. The number of halogens is 1. The summed E-state index contributed by atoms with van der Waals surface area (Å²) in [5.74, 6) is -1.00. The van der Waals surface area contributed by atoms with Gasteiger partial charge in [-0.2, -0.15) is 0 Å². The van der Waals surface area contributed by atoms with Crippen LogP contribution in [0.25, 0.3) is 0 Å². The maximum Gasteiger partial charge on any atom is 0.293 e. The van der Waals surface area contributed by atoms with Crippen molar-refractivity contribution in [3.05, 3.63) is 68.7 Å². The van der Waals surface area contributed by atoms with Crippen molar-refractivity contribution < 1.29 is 14.5 Å². The summed E-state index contributed by atoms with van der Waals surface area (Å²) in [7, 11) is 0. The van der Waals surface area contributed by atoms with E-state index < -0.39 is 22.8 Å². The van der Waals surface area contributed by atoms with Crippen molar-refractivity contribution in [3.63, 3.8) is 0 Å². The van der Waals surface area contributed by atoms with Crippen LogP contribution in [0.1, 0.15) is 35.2 Å². The van der Waals surface area contributed by atoms with E-state index in [-0.39, 0.29) is 16.9 Å². The number of carbonyl (C=O) groups excluding carboxylic acids is 2. The number of likely N-dealkylation sites (tertiary alicyclic amines) is 1. The van der Waals surface area contributed by atoms with Crippen LogP contribution in [0.4, 0.5) is 11.4 Å². The fourth-order valence-electron chi connectivity index (χ4n) is 3.43. The third-order valence-corrected chi connectivity index (χ3v) is 5.33. The molecule has 0 aromatic heterocycles. The molecule has 1 heterocycles. The lowest BCUT2D eigenvalue weighted by Gasteiger charge is -2.33. The van der Waals surface area contributed by atoms with Crippen molar-refractivity contribution in [2.45, 2.75) is 31.8 Å². The van der Waals surface area contributed by atoms with Crippen LogP contribution in [0.5, 0.6) is 0 Å². The van der Waals surface area contributed by atoms with Crippen LogP contribution in [0.2, 0.25) is 5.02 Å². The highest BCUT2D eigenvalue weighted by Crippen LogP contribution is 2.29. The molecule has 1 atom stereocenters. The highest BCUT2D eigenvalue weighted by atomic mass is 35.5. The first-order chi connectivity index (χ1) is 13.9. The van der Waals surface area contributed by atoms with Gasteiger partial charge < -0.3 is 16.0 Å². The maximum absolute atomic E-state index is 12.9. The fraction of sp³-hybridized carbons (Fsp3) is 0.300. The smallest absolute Gasteiger partial charge is 0.293 e. The van der Waals surface area contributed by atoms with Gasteiger partial charge in [0.2, 0.25) is 5.91 Å². The van der Waals surface area contributed by atoms with Crippen LogP contribution < -0.4 is 11.1 Å². The van der Waals surface area contributed by atoms with E-state index >= 15 is 0 Å². The summed E-state index contributed by atoms with van der Waals surface area (Å²) in [6.07, 6.45) is 2.07. The number of benzene rings is 2. The highest BCUT2D eigenvalue weighted by Gasteiger charge is 2.32. The van der Waals surface area contributed by atoms with Crippen molar-refractivity contribution in [3.8, 4) is 0 Å². The number of nitrogens with two attached hydrogens (primary N) is 1. The highest BCUT2D eigenvalue weighted by molar-refractivity contribution is 6.31. The minimum atomic E-state index is -0.687. The number of anilines is 1. The lowest BCUT2D eigenvalue weighted by Crippen LogP contribution is -2.50. The maximum atomic E-state index is 12.9. The van der Waals surface area contributed by atoms with E-state index in [1.54, 1.807) is 12.1 Å². The Hall–Kier alpha value is -3.13. The number of carbonyl (C=O) groups is 2. The van der Waals surface area contributed by atoms with Gasteiger partial charge in [-0.1, -0.05) is 29.8 Å². The number of piperidine rings is 1. The molecule has 29 heavy (non-hydrogen) atoms. The molecule has 152 valence electrons. The quantitative estimate of drug-likeness (QED) is 0.553. The number of nitrogens with zero attached hydrogens (tertiary/aromatic N) is 2. The minimum absolute atomic E-state index is 0.146. The average Bonchev–Trinajstić information content (AvgIpc) is 2.72. The van der Waals surface area contributed by atoms with E-state index in [9.17, 15) is 19.7 Å². The number of hydrogen-bond donors (Lipinski definition) is 2. The summed E-state index contributed by atoms with van der Waals surface area (Å²) < 4.78 is 0. The molecule has 2 aromatic carbocycles. The van der Waals surface area contributed by atoms with Crippen LogP contribution in [-0.2, 0) is 11.3 Å². The van der Waals surface area contributed by atoms with Gasteiger partial charge in [-0.25, -0.2) is 0 Å². The second-order valence-electron chi connectivity index (χ2n) is 6.85. The molecular weight excluding hydrogens is 396 g/mol. The zero-order valence-corrected chi connectivity index (χ0v) is 16.4. The zero-order valence-electron chi connectivity index (χ0n) is 15.6. The van der Waals surface area contributed by atoms with E-state index in [1.165, 1.54) is 23.1 Å². The Morgan fingerprint density at radius 2 is 2.00 bits per heavy atom. The van der Waals surface area contributed by atoms with Crippen molar-refractivity contribution >= 4 is 34.8 Å². The molecule has 2 amide bonds. The van der Waals surface area contributed by atoms with E-state index in [0.717, 1.165) is 18.4 Å². The van der Waals surface area contributed by atoms with Crippen molar-refractivity contribution in [2.24, 2.45) is 5.73 Å². The minimum Gasteiger partial charge on any atom is -0.375 e. The van der Waals surface area contributed by atoms with Crippen LogP contribution in [0, 0.1) is 10.1 Å². The SMILES string of the molecule is NC(=O)C1CCCCN1C(=O)c1ccc(NCc2ccccc2Cl)c([N+](=O)[O-])c1. The number of hydrogen-bond acceptors (Lipinski definition) is 5. The van der Waals surface area contributed by atoms with Crippen LogP contribution in [-0.4, -0.2) is 34.2 Å². The van der Waals surface area contributed by atoms with Gasteiger partial charge in [0.25, 0.3) is 11.6 Å². The summed E-state index contributed by atoms with van der Waals surface area (Å²) in [6.45, 7) is 0.691. The summed E-state index contributed by atoms with van der Waals surface area (Å²) in [5.41, 5.74) is 6.41. The summed E-state index contributed by atoms with van der Waals surface area (Å²) in [6, 6.07) is 10.7. The van der Waals surface area contributed by atoms with Gasteiger partial charge in [-0.3, -0.25) is 19.7 Å². The molecule has 9 heteroatoms. The molecule has 1 aliphatic heterocycles. The summed E-state index contributed by atoms with van der Waals surface area (Å²) in [4.78, 5) is 37.0. The normalized spacial score (nSPS) is 16.3. The Balaban J connectivity index is 1.83. The molecule has 0 spiro atoms. The second-order valence-corrected chi connectivity index (χ2v) is 7.25. The van der Waals surface area contributed by atoms with E-state index in [0.29, 0.717) is 24.5 Å². The molecule has 0 saturated carbocycles. The van der Waals surface area contributed by atoms with E-state index in [1.807, 2.05) is 12.1 Å². The number of rotatable bonds is 6. The predicted molar refractivity (Wildman–Crippen MR) is 110 cm³/mol. The number of nitro groups is 1. The second kappa shape index (κ2) is 8.91. The molecule has 1 fully saturated rings. The van der Waals surface area contributed by atoms with Gasteiger partial charge in [0.1, 0.15) is 11.7 Å². The van der Waals surface area contributed by atoms with Gasteiger partial charge in [0.05, 0.1) is 4.92 Å². The fourth-order valence-corrected chi connectivity index (χ4v) is 3.64. The topological polar surface area (TPSA) is 119 Å². The molecule has 1 saturated heterocycles. The number of amides is 2. The Bertz CT molecular complexity index is 950. The van der Waals surface area contributed by atoms with Gasteiger partial charge in [0, 0.05) is 29.7 Å². The average molecular weight is 417 g/mol. The van der Waals surface area contributed by atoms with E-state index in [4.69, 9.17) is 17.3 Å². The molecule has 0 radical (unpaired) electrons. The monoisotopic (exact) mass is 416 g/mol. The molecule has 1 aliphatic rings. The Labute approximate surface area is 172 Å². The molecule has 2 aromatic rings. The Morgan fingerprint density at radius 1 is 1.24 bits per heavy atom. The molecule has 1 unspecified atom stereocenters. The lowest BCUT2D eigenvalue weighted by molar-refractivity contribution is -0.384. The number of primary amides is 1.